The van der Waals surface area contributed by atoms with E-state index in [9.17, 15) is 4.79 Å². The Labute approximate surface area is 149 Å². The van der Waals surface area contributed by atoms with Crippen molar-refractivity contribution in [2.45, 2.75) is 39.5 Å². The van der Waals surface area contributed by atoms with Crippen molar-refractivity contribution in [1.82, 2.24) is 10.6 Å². The molecule has 0 aromatic heterocycles. The number of methoxy groups -OCH3 is 1. The Bertz CT molecular complexity index is 701. The summed E-state index contributed by atoms with van der Waals surface area (Å²) in [5.41, 5.74) is 1.98. The van der Waals surface area contributed by atoms with E-state index >= 15 is 0 Å². The lowest BCUT2D eigenvalue weighted by atomic mass is 10.1. The minimum Gasteiger partial charge on any atom is -0.497 e. The molecule has 0 aliphatic heterocycles. The molecule has 0 radical (unpaired) electrons. The Hall–Kier alpha value is -2.69. The van der Waals surface area contributed by atoms with Crippen LogP contribution in [-0.4, -0.2) is 19.2 Å². The lowest BCUT2D eigenvalue weighted by Gasteiger charge is -2.17. The van der Waals surface area contributed by atoms with E-state index in [2.05, 4.69) is 10.6 Å². The van der Waals surface area contributed by atoms with Crippen molar-refractivity contribution in [3.05, 3.63) is 59.7 Å². The highest BCUT2D eigenvalue weighted by Gasteiger charge is 2.10. The van der Waals surface area contributed by atoms with Gasteiger partial charge in [-0.15, -0.1) is 0 Å². The monoisotopic (exact) mass is 342 g/mol. The first-order valence-corrected chi connectivity index (χ1v) is 8.42. The van der Waals surface area contributed by atoms with Crippen molar-refractivity contribution in [3.8, 4) is 11.5 Å². The van der Waals surface area contributed by atoms with Crippen molar-refractivity contribution in [2.24, 2.45) is 0 Å². The quantitative estimate of drug-likeness (QED) is 0.798. The molecule has 1 atom stereocenters. The number of carbonyl (C=O) groups is 1. The van der Waals surface area contributed by atoms with Gasteiger partial charge in [0.15, 0.2) is 0 Å². The van der Waals surface area contributed by atoms with Crippen LogP contribution in [0.5, 0.6) is 11.5 Å². The Morgan fingerprint density at radius 3 is 2.48 bits per heavy atom. The van der Waals surface area contributed by atoms with E-state index in [1.807, 2.05) is 69.3 Å². The second kappa shape index (κ2) is 8.97. The van der Waals surface area contributed by atoms with Crippen LogP contribution in [0.1, 0.15) is 37.9 Å². The Kier molecular flexibility index (Phi) is 6.69. The molecule has 0 saturated carbocycles. The second-order valence-corrected chi connectivity index (χ2v) is 6.14. The van der Waals surface area contributed by atoms with E-state index in [1.54, 1.807) is 7.11 Å². The molecule has 5 nitrogen and oxygen atoms in total. The van der Waals surface area contributed by atoms with Gasteiger partial charge in [0, 0.05) is 6.54 Å². The standard InChI is InChI=1S/C20H26N2O3/c1-14(2)25-19-10-6-8-17(12-19)15(3)22-20(23)21-13-16-7-5-9-18(11-16)24-4/h5-12,14-15H,13H2,1-4H3,(H2,21,22,23). The van der Waals surface area contributed by atoms with Crippen molar-refractivity contribution in [2.75, 3.05) is 7.11 Å². The summed E-state index contributed by atoms with van der Waals surface area (Å²) in [6.45, 7) is 6.35. The van der Waals surface area contributed by atoms with E-state index < -0.39 is 0 Å². The van der Waals surface area contributed by atoms with Crippen molar-refractivity contribution >= 4 is 6.03 Å². The number of hydrogen-bond acceptors (Lipinski definition) is 3. The van der Waals surface area contributed by atoms with Gasteiger partial charge >= 0.3 is 6.03 Å². The third-order valence-corrected chi connectivity index (χ3v) is 3.66. The minimum absolute atomic E-state index is 0.115. The number of nitrogens with one attached hydrogen (secondary N) is 2. The average molecular weight is 342 g/mol. The summed E-state index contributed by atoms with van der Waals surface area (Å²) in [6.07, 6.45) is 0.115. The number of amides is 2. The van der Waals surface area contributed by atoms with Gasteiger partial charge < -0.3 is 20.1 Å². The number of hydrogen-bond donors (Lipinski definition) is 2. The molecule has 0 spiro atoms. The SMILES string of the molecule is COc1cccc(CNC(=O)NC(C)c2cccc(OC(C)C)c2)c1. The normalized spacial score (nSPS) is 11.7. The van der Waals surface area contributed by atoms with Gasteiger partial charge in [0.2, 0.25) is 0 Å². The molecule has 2 amide bonds. The van der Waals surface area contributed by atoms with Gasteiger partial charge in [-0.2, -0.15) is 0 Å². The van der Waals surface area contributed by atoms with Gasteiger partial charge in [0.25, 0.3) is 0 Å². The van der Waals surface area contributed by atoms with Gasteiger partial charge in [-0.05, 0) is 56.2 Å². The van der Waals surface area contributed by atoms with Gasteiger partial charge in [-0.1, -0.05) is 24.3 Å². The highest BCUT2D eigenvalue weighted by molar-refractivity contribution is 5.74. The fourth-order valence-corrected chi connectivity index (χ4v) is 2.43. The number of ether oxygens (including phenoxy) is 2. The fraction of sp³-hybridized carbons (Fsp3) is 0.350. The van der Waals surface area contributed by atoms with Crippen LogP contribution in [0.3, 0.4) is 0 Å². The Balaban J connectivity index is 1.89. The molecule has 5 heteroatoms. The molecule has 1 unspecified atom stereocenters. The number of urea groups is 1. The fourth-order valence-electron chi connectivity index (χ4n) is 2.43. The lowest BCUT2D eigenvalue weighted by molar-refractivity contribution is 0.236. The summed E-state index contributed by atoms with van der Waals surface area (Å²) < 4.78 is 10.9. The zero-order valence-corrected chi connectivity index (χ0v) is 15.2. The van der Waals surface area contributed by atoms with Crippen LogP contribution in [0.4, 0.5) is 4.79 Å². The molecule has 0 aliphatic rings. The maximum atomic E-state index is 12.1. The van der Waals surface area contributed by atoms with E-state index in [4.69, 9.17) is 9.47 Å². The molecular formula is C20H26N2O3. The smallest absolute Gasteiger partial charge is 0.315 e. The van der Waals surface area contributed by atoms with Crippen LogP contribution >= 0.6 is 0 Å². The van der Waals surface area contributed by atoms with Gasteiger partial charge in [0.05, 0.1) is 19.3 Å². The lowest BCUT2D eigenvalue weighted by Crippen LogP contribution is -2.36. The van der Waals surface area contributed by atoms with Crippen LogP contribution < -0.4 is 20.1 Å². The van der Waals surface area contributed by atoms with Gasteiger partial charge in [-0.25, -0.2) is 4.79 Å². The minimum atomic E-state index is -0.217. The van der Waals surface area contributed by atoms with Crippen LogP contribution in [0.2, 0.25) is 0 Å². The van der Waals surface area contributed by atoms with Gasteiger partial charge in [-0.3, -0.25) is 0 Å². The topological polar surface area (TPSA) is 59.6 Å². The summed E-state index contributed by atoms with van der Waals surface area (Å²) in [6, 6.07) is 15.0. The summed E-state index contributed by atoms with van der Waals surface area (Å²) in [5, 5.41) is 5.80. The second-order valence-electron chi connectivity index (χ2n) is 6.14. The van der Waals surface area contributed by atoms with Crippen LogP contribution in [-0.2, 0) is 6.54 Å². The summed E-state index contributed by atoms with van der Waals surface area (Å²) in [4.78, 5) is 12.1. The maximum Gasteiger partial charge on any atom is 0.315 e. The van der Waals surface area contributed by atoms with E-state index in [-0.39, 0.29) is 18.2 Å². The van der Waals surface area contributed by atoms with Gasteiger partial charge in [0.1, 0.15) is 11.5 Å². The van der Waals surface area contributed by atoms with E-state index in [0.717, 1.165) is 22.6 Å². The highest BCUT2D eigenvalue weighted by Crippen LogP contribution is 2.20. The molecule has 0 aliphatic carbocycles. The molecular weight excluding hydrogens is 316 g/mol. The zero-order valence-electron chi connectivity index (χ0n) is 15.2. The van der Waals surface area contributed by atoms with Crippen molar-refractivity contribution < 1.29 is 14.3 Å². The number of benzene rings is 2. The van der Waals surface area contributed by atoms with Crippen LogP contribution in [0.15, 0.2) is 48.5 Å². The molecule has 2 N–H and O–H groups in total. The molecule has 25 heavy (non-hydrogen) atoms. The molecule has 134 valence electrons. The summed E-state index contributed by atoms with van der Waals surface area (Å²) in [5.74, 6) is 1.58. The number of carbonyl (C=O) groups excluding carboxylic acids is 1. The third kappa shape index (κ3) is 6.03. The molecule has 0 bridgehead atoms. The first-order chi connectivity index (χ1) is 12.0. The first-order valence-electron chi connectivity index (χ1n) is 8.42. The third-order valence-electron chi connectivity index (χ3n) is 3.66. The summed E-state index contributed by atoms with van der Waals surface area (Å²) >= 11 is 0. The van der Waals surface area contributed by atoms with Crippen LogP contribution in [0.25, 0.3) is 0 Å². The molecule has 2 rings (SSSR count). The van der Waals surface area contributed by atoms with Crippen molar-refractivity contribution in [1.29, 1.82) is 0 Å². The Morgan fingerprint density at radius 2 is 1.76 bits per heavy atom. The highest BCUT2D eigenvalue weighted by atomic mass is 16.5. The number of rotatable bonds is 7. The van der Waals surface area contributed by atoms with Crippen molar-refractivity contribution in [3.63, 3.8) is 0 Å². The van der Waals surface area contributed by atoms with E-state index in [0.29, 0.717) is 6.54 Å². The molecule has 0 saturated heterocycles. The average Bonchev–Trinajstić information content (AvgIpc) is 2.60. The predicted molar refractivity (Wildman–Crippen MR) is 99.0 cm³/mol. The Morgan fingerprint density at radius 1 is 1.04 bits per heavy atom. The largest absolute Gasteiger partial charge is 0.497 e. The van der Waals surface area contributed by atoms with E-state index in [1.165, 1.54) is 0 Å². The molecule has 0 heterocycles. The molecule has 2 aromatic carbocycles. The first kappa shape index (κ1) is 18.6. The zero-order chi connectivity index (χ0) is 18.2. The molecule has 0 fully saturated rings. The molecule has 2 aromatic rings. The predicted octanol–water partition coefficient (Wildman–Crippen LogP) is 4.04. The maximum absolute atomic E-state index is 12.1. The van der Waals surface area contributed by atoms with Crippen LogP contribution in [0, 0.1) is 0 Å². The summed E-state index contributed by atoms with van der Waals surface area (Å²) in [7, 11) is 1.62.